The Morgan fingerprint density at radius 1 is 1.04 bits per heavy atom. The molecule has 0 aliphatic heterocycles. The van der Waals surface area contributed by atoms with Crippen molar-refractivity contribution in [2.24, 2.45) is 0 Å². The Hall–Kier alpha value is -2.41. The molecule has 0 saturated carbocycles. The van der Waals surface area contributed by atoms with Gasteiger partial charge < -0.3 is 4.74 Å². The number of carbonyl (C=O) groups excluding carboxylic acids is 1. The van der Waals surface area contributed by atoms with Crippen molar-refractivity contribution in [3.8, 4) is 0 Å². The van der Waals surface area contributed by atoms with Crippen LogP contribution in [0.5, 0.6) is 0 Å². The lowest BCUT2D eigenvalue weighted by Crippen LogP contribution is -2.37. The number of esters is 1. The molecule has 2 aromatic rings. The van der Waals surface area contributed by atoms with E-state index in [1.165, 1.54) is 19.2 Å². The molecule has 0 saturated heterocycles. The van der Waals surface area contributed by atoms with Crippen molar-refractivity contribution < 1.29 is 22.3 Å². The van der Waals surface area contributed by atoms with Gasteiger partial charge in [0.1, 0.15) is 12.4 Å². The summed E-state index contributed by atoms with van der Waals surface area (Å²) in [5, 5.41) is 0. The third-order valence-electron chi connectivity index (χ3n) is 4.12. The molecule has 0 fully saturated rings. The summed E-state index contributed by atoms with van der Waals surface area (Å²) >= 11 is 0. The van der Waals surface area contributed by atoms with E-state index in [-0.39, 0.29) is 4.90 Å². The van der Waals surface area contributed by atoms with Gasteiger partial charge in [-0.1, -0.05) is 32.0 Å². The van der Waals surface area contributed by atoms with Gasteiger partial charge in [-0.25, -0.2) is 12.8 Å². The molecule has 0 N–H and O–H groups in total. The molecule has 0 radical (unpaired) electrons. The van der Waals surface area contributed by atoms with E-state index >= 15 is 0 Å². The zero-order valence-corrected chi connectivity index (χ0v) is 15.8. The molecule has 0 amide bonds. The molecule has 0 aliphatic rings. The van der Waals surface area contributed by atoms with E-state index in [1.54, 1.807) is 0 Å². The monoisotopic (exact) mass is 379 g/mol. The number of aryl methyl sites for hydroxylation is 2. The van der Waals surface area contributed by atoms with Gasteiger partial charge in [-0.15, -0.1) is 0 Å². The Bertz CT molecular complexity index is 857. The van der Waals surface area contributed by atoms with Crippen molar-refractivity contribution in [3.63, 3.8) is 0 Å². The fourth-order valence-electron chi connectivity index (χ4n) is 2.74. The second kappa shape index (κ2) is 8.31. The van der Waals surface area contributed by atoms with E-state index in [1.807, 2.05) is 32.0 Å². The summed E-state index contributed by atoms with van der Waals surface area (Å²) < 4.78 is 45.4. The number of hydrogen-bond acceptors (Lipinski definition) is 4. The minimum Gasteiger partial charge on any atom is -0.468 e. The van der Waals surface area contributed by atoms with Crippen LogP contribution in [-0.4, -0.2) is 28.0 Å². The second-order valence-corrected chi connectivity index (χ2v) is 7.54. The number of methoxy groups -OCH3 is 1. The predicted octanol–water partition coefficient (Wildman–Crippen LogP) is 3.32. The fraction of sp³-hybridized carbons (Fsp3) is 0.316. The first-order chi connectivity index (χ1) is 12.3. The molecule has 0 heterocycles. The highest BCUT2D eigenvalue weighted by atomic mass is 32.2. The standard InChI is InChI=1S/C19H22FNO4S/c1-4-14-7-6-8-15(5-2)19(14)21(13-18(22)25-3)26(23,24)17-11-9-16(20)10-12-17/h6-12H,4-5,13H2,1-3H3. The molecule has 0 atom stereocenters. The van der Waals surface area contributed by atoms with Crippen LogP contribution in [0, 0.1) is 5.82 Å². The number of rotatable bonds is 7. The summed E-state index contributed by atoms with van der Waals surface area (Å²) in [5.41, 5.74) is 2.09. The van der Waals surface area contributed by atoms with E-state index < -0.39 is 28.4 Å². The fourth-order valence-corrected chi connectivity index (χ4v) is 4.22. The average molecular weight is 379 g/mol. The topological polar surface area (TPSA) is 63.7 Å². The van der Waals surface area contributed by atoms with Crippen molar-refractivity contribution in [1.29, 1.82) is 0 Å². The van der Waals surface area contributed by atoms with Crippen molar-refractivity contribution in [1.82, 2.24) is 0 Å². The first-order valence-corrected chi connectivity index (χ1v) is 9.75. The highest BCUT2D eigenvalue weighted by molar-refractivity contribution is 7.92. The van der Waals surface area contributed by atoms with E-state index in [9.17, 15) is 17.6 Å². The number of carbonyl (C=O) groups is 1. The number of hydrogen-bond donors (Lipinski definition) is 0. The molecular formula is C19H22FNO4S. The zero-order valence-electron chi connectivity index (χ0n) is 15.0. The van der Waals surface area contributed by atoms with Gasteiger partial charge in [0.05, 0.1) is 17.7 Å². The quantitative estimate of drug-likeness (QED) is 0.693. The molecule has 5 nitrogen and oxygen atoms in total. The minimum absolute atomic E-state index is 0.0873. The molecule has 0 spiro atoms. The van der Waals surface area contributed by atoms with Crippen LogP contribution in [0.3, 0.4) is 0 Å². The van der Waals surface area contributed by atoms with Gasteiger partial charge in [0.25, 0.3) is 10.0 Å². The van der Waals surface area contributed by atoms with Gasteiger partial charge in [-0.2, -0.15) is 0 Å². The summed E-state index contributed by atoms with van der Waals surface area (Å²) in [6.07, 6.45) is 1.19. The maximum absolute atomic E-state index is 13.2. The lowest BCUT2D eigenvalue weighted by Gasteiger charge is -2.27. The van der Waals surface area contributed by atoms with Gasteiger partial charge in [0.15, 0.2) is 0 Å². The van der Waals surface area contributed by atoms with Crippen LogP contribution >= 0.6 is 0 Å². The molecule has 2 aromatic carbocycles. The number of para-hydroxylation sites is 1. The van der Waals surface area contributed by atoms with Gasteiger partial charge >= 0.3 is 5.97 Å². The highest BCUT2D eigenvalue weighted by Crippen LogP contribution is 2.31. The number of benzene rings is 2. The van der Waals surface area contributed by atoms with Gasteiger partial charge in [0, 0.05) is 0 Å². The number of anilines is 1. The van der Waals surface area contributed by atoms with Crippen LogP contribution in [0.1, 0.15) is 25.0 Å². The molecule has 0 aromatic heterocycles. The van der Waals surface area contributed by atoms with E-state index in [4.69, 9.17) is 4.74 Å². The van der Waals surface area contributed by atoms with Gasteiger partial charge in [-0.05, 0) is 48.2 Å². The summed E-state index contributed by atoms with van der Waals surface area (Å²) in [5.74, 6) is -1.21. The van der Waals surface area contributed by atoms with Crippen LogP contribution in [-0.2, 0) is 32.4 Å². The smallest absolute Gasteiger partial charge is 0.326 e. The molecule has 7 heteroatoms. The van der Waals surface area contributed by atoms with Crippen molar-refractivity contribution in [2.45, 2.75) is 31.6 Å². The first kappa shape index (κ1) is 19.9. The third kappa shape index (κ3) is 4.04. The molecule has 26 heavy (non-hydrogen) atoms. The largest absolute Gasteiger partial charge is 0.468 e. The Labute approximate surface area is 153 Å². The number of ether oxygens (including phenoxy) is 1. The lowest BCUT2D eigenvalue weighted by molar-refractivity contribution is -0.138. The summed E-state index contributed by atoms with van der Waals surface area (Å²) in [4.78, 5) is 11.9. The molecule has 2 rings (SSSR count). The predicted molar refractivity (Wildman–Crippen MR) is 98.1 cm³/mol. The summed E-state index contributed by atoms with van der Waals surface area (Å²) in [6, 6.07) is 10.1. The summed E-state index contributed by atoms with van der Waals surface area (Å²) in [6.45, 7) is 3.37. The first-order valence-electron chi connectivity index (χ1n) is 8.31. The number of sulfonamides is 1. The van der Waals surface area contributed by atoms with Crippen LogP contribution in [0.4, 0.5) is 10.1 Å². The number of halogens is 1. The third-order valence-corrected chi connectivity index (χ3v) is 5.88. The van der Waals surface area contributed by atoms with Crippen LogP contribution in [0.15, 0.2) is 47.4 Å². The Morgan fingerprint density at radius 2 is 1.58 bits per heavy atom. The maximum atomic E-state index is 13.2. The molecule has 0 aliphatic carbocycles. The Balaban J connectivity index is 2.68. The maximum Gasteiger partial charge on any atom is 0.326 e. The normalized spacial score (nSPS) is 11.2. The van der Waals surface area contributed by atoms with Crippen molar-refractivity contribution in [3.05, 3.63) is 59.4 Å². The lowest BCUT2D eigenvalue weighted by atomic mass is 10.0. The Morgan fingerprint density at radius 3 is 2.04 bits per heavy atom. The average Bonchev–Trinajstić information content (AvgIpc) is 2.65. The van der Waals surface area contributed by atoms with Crippen LogP contribution in [0.2, 0.25) is 0 Å². The van der Waals surface area contributed by atoms with E-state index in [0.717, 1.165) is 27.6 Å². The van der Waals surface area contributed by atoms with Gasteiger partial charge in [0.2, 0.25) is 0 Å². The SMILES string of the molecule is CCc1cccc(CC)c1N(CC(=O)OC)S(=O)(=O)c1ccc(F)cc1. The van der Waals surface area contributed by atoms with Crippen molar-refractivity contribution >= 4 is 21.7 Å². The van der Waals surface area contributed by atoms with Gasteiger partial charge in [-0.3, -0.25) is 9.10 Å². The highest BCUT2D eigenvalue weighted by Gasteiger charge is 2.30. The zero-order chi connectivity index (χ0) is 19.3. The molecule has 0 bridgehead atoms. The van der Waals surface area contributed by atoms with Crippen LogP contribution < -0.4 is 4.31 Å². The van der Waals surface area contributed by atoms with Crippen LogP contribution in [0.25, 0.3) is 0 Å². The molecular weight excluding hydrogens is 357 g/mol. The Kier molecular flexibility index (Phi) is 6.37. The molecule has 0 unspecified atom stereocenters. The summed E-state index contributed by atoms with van der Waals surface area (Å²) in [7, 11) is -2.87. The second-order valence-electron chi connectivity index (χ2n) is 5.67. The molecule has 140 valence electrons. The minimum atomic E-state index is -4.08. The van der Waals surface area contributed by atoms with Crippen molar-refractivity contribution in [2.75, 3.05) is 18.0 Å². The van der Waals surface area contributed by atoms with E-state index in [2.05, 4.69) is 0 Å². The number of nitrogens with zero attached hydrogens (tertiary/aromatic N) is 1. The van der Waals surface area contributed by atoms with E-state index in [0.29, 0.717) is 18.5 Å².